The maximum absolute atomic E-state index is 13.0. The number of rotatable bonds is 5. The molecular formula is C15H15N2O3P. The molecule has 1 aromatic heterocycles. The Morgan fingerprint density at radius 3 is 2.76 bits per heavy atom. The van der Waals surface area contributed by atoms with Crippen LogP contribution in [-0.4, -0.2) is 16.8 Å². The van der Waals surface area contributed by atoms with Crippen molar-refractivity contribution in [1.29, 1.82) is 0 Å². The van der Waals surface area contributed by atoms with E-state index in [0.29, 0.717) is 17.7 Å². The Hall–Kier alpha value is -2.10. The highest BCUT2D eigenvalue weighted by Gasteiger charge is 2.28. The first-order chi connectivity index (χ1) is 10.2. The number of fused-ring (bicyclic) bond motifs is 1. The summed E-state index contributed by atoms with van der Waals surface area (Å²) < 4.78 is 24.1. The fraction of sp³-hybridized carbons (Fsp3) is 0.133. The molecule has 1 unspecified atom stereocenters. The van der Waals surface area contributed by atoms with Gasteiger partial charge in [-0.05, 0) is 37.3 Å². The number of hydrogen-bond acceptors (Lipinski definition) is 4. The van der Waals surface area contributed by atoms with Crippen LogP contribution in [0.15, 0.2) is 54.7 Å². The number of aromatic nitrogens is 2. The van der Waals surface area contributed by atoms with E-state index in [4.69, 9.17) is 9.05 Å². The molecule has 108 valence electrons. The lowest BCUT2D eigenvalue weighted by Crippen LogP contribution is -2.12. The van der Waals surface area contributed by atoms with Gasteiger partial charge in [-0.15, -0.1) is 0 Å². The Balaban J connectivity index is 1.96. The van der Waals surface area contributed by atoms with Gasteiger partial charge in [0.05, 0.1) is 23.6 Å². The van der Waals surface area contributed by atoms with Crippen LogP contribution in [0.2, 0.25) is 0 Å². The number of aromatic amines is 1. The van der Waals surface area contributed by atoms with Crippen molar-refractivity contribution in [2.24, 2.45) is 0 Å². The molecule has 0 aliphatic carbocycles. The van der Waals surface area contributed by atoms with Gasteiger partial charge in [0.1, 0.15) is 5.75 Å². The molecule has 0 spiro atoms. The smallest absolute Gasteiger partial charge is 0.410 e. The second-order valence-corrected chi connectivity index (χ2v) is 6.41. The van der Waals surface area contributed by atoms with Crippen LogP contribution < -0.4 is 9.83 Å². The van der Waals surface area contributed by atoms with Gasteiger partial charge in [-0.3, -0.25) is 9.62 Å². The first kappa shape index (κ1) is 13.9. The van der Waals surface area contributed by atoms with E-state index in [1.807, 2.05) is 24.3 Å². The zero-order valence-electron chi connectivity index (χ0n) is 11.5. The van der Waals surface area contributed by atoms with Gasteiger partial charge in [0.2, 0.25) is 0 Å². The molecule has 0 fully saturated rings. The topological polar surface area (TPSA) is 64.2 Å². The lowest BCUT2D eigenvalue weighted by Gasteiger charge is -2.18. The van der Waals surface area contributed by atoms with Crippen molar-refractivity contribution < 1.29 is 13.6 Å². The van der Waals surface area contributed by atoms with Crippen molar-refractivity contribution in [1.82, 2.24) is 10.2 Å². The Morgan fingerprint density at radius 2 is 2.00 bits per heavy atom. The quantitative estimate of drug-likeness (QED) is 0.733. The fourth-order valence-electron chi connectivity index (χ4n) is 2.05. The van der Waals surface area contributed by atoms with E-state index in [9.17, 15) is 4.57 Å². The molecule has 0 saturated carbocycles. The van der Waals surface area contributed by atoms with Crippen molar-refractivity contribution in [2.75, 3.05) is 6.61 Å². The van der Waals surface area contributed by atoms with Gasteiger partial charge in [0, 0.05) is 5.39 Å². The highest BCUT2D eigenvalue weighted by atomic mass is 31.2. The van der Waals surface area contributed by atoms with E-state index in [0.717, 1.165) is 10.9 Å². The molecule has 3 rings (SSSR count). The van der Waals surface area contributed by atoms with Gasteiger partial charge in [-0.25, -0.2) is 4.57 Å². The Morgan fingerprint density at radius 1 is 1.19 bits per heavy atom. The van der Waals surface area contributed by atoms with Gasteiger partial charge in [-0.1, -0.05) is 18.2 Å². The summed E-state index contributed by atoms with van der Waals surface area (Å²) in [6.45, 7) is 2.10. The lowest BCUT2D eigenvalue weighted by molar-refractivity contribution is 0.289. The van der Waals surface area contributed by atoms with Gasteiger partial charge in [-0.2, -0.15) is 5.10 Å². The minimum Gasteiger partial charge on any atom is -0.421 e. The van der Waals surface area contributed by atoms with Crippen molar-refractivity contribution in [3.05, 3.63) is 54.7 Å². The third-order valence-corrected chi connectivity index (χ3v) is 4.99. The summed E-state index contributed by atoms with van der Waals surface area (Å²) in [5.41, 5.74) is 0.897. The fourth-order valence-corrected chi connectivity index (χ4v) is 3.63. The first-order valence-corrected chi connectivity index (χ1v) is 8.18. The van der Waals surface area contributed by atoms with E-state index >= 15 is 0 Å². The summed E-state index contributed by atoms with van der Waals surface area (Å²) in [4.78, 5) is 0. The maximum Gasteiger partial charge on any atom is 0.410 e. The third kappa shape index (κ3) is 2.84. The zero-order chi connectivity index (χ0) is 14.7. The summed E-state index contributed by atoms with van der Waals surface area (Å²) in [6.07, 6.45) is 1.69. The molecule has 6 heteroatoms. The van der Waals surface area contributed by atoms with Crippen LogP contribution in [0.3, 0.4) is 0 Å². The molecule has 5 nitrogen and oxygen atoms in total. The molecule has 0 saturated heterocycles. The SMILES string of the molecule is CCOP(=O)(Oc1ccc2[nH]ncc2c1)c1ccccc1. The van der Waals surface area contributed by atoms with Gasteiger partial charge >= 0.3 is 7.60 Å². The predicted molar refractivity (Wildman–Crippen MR) is 82.0 cm³/mol. The van der Waals surface area contributed by atoms with Crippen molar-refractivity contribution >= 4 is 23.8 Å². The highest BCUT2D eigenvalue weighted by molar-refractivity contribution is 7.62. The number of benzene rings is 2. The van der Waals surface area contributed by atoms with Gasteiger partial charge in [0.15, 0.2) is 0 Å². The van der Waals surface area contributed by atoms with Crippen LogP contribution in [-0.2, 0) is 9.09 Å². The maximum atomic E-state index is 13.0. The van der Waals surface area contributed by atoms with Crippen LogP contribution in [0.4, 0.5) is 0 Å². The van der Waals surface area contributed by atoms with E-state index < -0.39 is 7.60 Å². The second-order valence-electron chi connectivity index (χ2n) is 4.46. The molecule has 0 aliphatic rings. The Labute approximate surface area is 122 Å². The molecule has 1 N–H and O–H groups in total. The van der Waals surface area contributed by atoms with Crippen molar-refractivity contribution in [3.63, 3.8) is 0 Å². The van der Waals surface area contributed by atoms with E-state index in [-0.39, 0.29) is 0 Å². The molecule has 2 aromatic carbocycles. The van der Waals surface area contributed by atoms with Crippen LogP contribution in [0.1, 0.15) is 6.92 Å². The van der Waals surface area contributed by atoms with Crippen LogP contribution in [0.25, 0.3) is 10.9 Å². The lowest BCUT2D eigenvalue weighted by atomic mass is 10.2. The van der Waals surface area contributed by atoms with Gasteiger partial charge < -0.3 is 4.52 Å². The van der Waals surface area contributed by atoms with Crippen LogP contribution in [0, 0.1) is 0 Å². The molecule has 21 heavy (non-hydrogen) atoms. The number of hydrogen-bond donors (Lipinski definition) is 1. The molecule has 0 radical (unpaired) electrons. The minimum absolute atomic E-state index is 0.306. The molecule has 0 bridgehead atoms. The van der Waals surface area contributed by atoms with Crippen LogP contribution >= 0.6 is 7.60 Å². The molecule has 0 aliphatic heterocycles. The second kappa shape index (κ2) is 5.72. The molecular weight excluding hydrogens is 287 g/mol. The average Bonchev–Trinajstić information content (AvgIpc) is 2.96. The average molecular weight is 302 g/mol. The van der Waals surface area contributed by atoms with Crippen molar-refractivity contribution in [2.45, 2.75) is 6.92 Å². The Kier molecular flexibility index (Phi) is 3.78. The summed E-state index contributed by atoms with van der Waals surface area (Å²) in [5, 5.41) is 8.25. The Bertz CT molecular complexity index is 786. The normalized spacial score (nSPS) is 14.0. The predicted octanol–water partition coefficient (Wildman–Crippen LogP) is 3.50. The monoisotopic (exact) mass is 302 g/mol. The minimum atomic E-state index is -3.38. The number of nitrogens with one attached hydrogen (secondary N) is 1. The zero-order valence-corrected chi connectivity index (χ0v) is 12.4. The molecule has 3 aromatic rings. The number of H-pyrrole nitrogens is 1. The molecule has 0 amide bonds. The summed E-state index contributed by atoms with van der Waals surface area (Å²) in [7, 11) is -3.38. The highest BCUT2D eigenvalue weighted by Crippen LogP contribution is 2.47. The molecule has 1 atom stereocenters. The van der Waals surface area contributed by atoms with E-state index in [2.05, 4.69) is 10.2 Å². The molecule has 1 heterocycles. The number of nitrogens with zero attached hydrogens (tertiary/aromatic N) is 1. The van der Waals surface area contributed by atoms with Crippen LogP contribution in [0.5, 0.6) is 5.75 Å². The third-order valence-electron chi connectivity index (χ3n) is 3.01. The van der Waals surface area contributed by atoms with E-state index in [1.54, 1.807) is 37.4 Å². The largest absolute Gasteiger partial charge is 0.421 e. The summed E-state index contributed by atoms with van der Waals surface area (Å²) >= 11 is 0. The first-order valence-electron chi connectivity index (χ1n) is 6.64. The summed E-state index contributed by atoms with van der Waals surface area (Å²) in [5.74, 6) is 0.490. The van der Waals surface area contributed by atoms with E-state index in [1.165, 1.54) is 0 Å². The summed E-state index contributed by atoms with van der Waals surface area (Å²) in [6, 6.07) is 14.3. The standard InChI is InChI=1S/C15H15N2O3P/c1-2-19-21(18,14-6-4-3-5-7-14)20-13-8-9-15-12(10-13)11-16-17-15/h3-11H,2H2,1H3,(H,16,17). The van der Waals surface area contributed by atoms with Gasteiger partial charge in [0.25, 0.3) is 0 Å². The van der Waals surface area contributed by atoms with Crippen molar-refractivity contribution in [3.8, 4) is 5.75 Å².